The predicted molar refractivity (Wildman–Crippen MR) is 90.5 cm³/mol. The molecule has 1 amide bonds. The third-order valence-corrected chi connectivity index (χ3v) is 4.19. The van der Waals surface area contributed by atoms with Crippen molar-refractivity contribution in [2.45, 2.75) is 6.54 Å². The maximum Gasteiger partial charge on any atom is 0.337 e. The van der Waals surface area contributed by atoms with Crippen molar-refractivity contribution in [2.24, 2.45) is 0 Å². The lowest BCUT2D eigenvalue weighted by atomic mass is 10.1. The van der Waals surface area contributed by atoms with Gasteiger partial charge in [0, 0.05) is 13.1 Å². The number of methoxy groups -OCH3 is 1. The summed E-state index contributed by atoms with van der Waals surface area (Å²) in [6.07, 6.45) is 3.80. The second kappa shape index (κ2) is 6.40. The summed E-state index contributed by atoms with van der Waals surface area (Å²) in [6.45, 7) is 0.963. The molecule has 0 saturated carbocycles. The molecule has 2 aromatic rings. The molecule has 2 heterocycles. The molecule has 0 aliphatic carbocycles. The fraction of sp³-hybridized carbons (Fsp3) is 0.250. The van der Waals surface area contributed by atoms with Crippen LogP contribution in [0.5, 0.6) is 0 Å². The normalized spacial score (nSPS) is 13.5. The van der Waals surface area contributed by atoms with E-state index in [1.807, 2.05) is 12.2 Å². The van der Waals surface area contributed by atoms with E-state index in [4.69, 9.17) is 12.2 Å². The molecule has 24 heavy (non-hydrogen) atoms. The Bertz CT molecular complexity index is 965. The highest BCUT2D eigenvalue weighted by Gasteiger charge is 2.17. The summed E-state index contributed by atoms with van der Waals surface area (Å²) in [6, 6.07) is 4.53. The number of hydrogen-bond acceptors (Lipinski definition) is 5. The molecule has 0 saturated heterocycles. The van der Waals surface area contributed by atoms with Crippen LogP contribution in [0, 0.1) is 4.77 Å². The van der Waals surface area contributed by atoms with E-state index in [1.54, 1.807) is 4.90 Å². The van der Waals surface area contributed by atoms with Gasteiger partial charge >= 0.3 is 5.97 Å². The summed E-state index contributed by atoms with van der Waals surface area (Å²) in [4.78, 5) is 41.0. The van der Waals surface area contributed by atoms with Gasteiger partial charge in [-0.1, -0.05) is 12.2 Å². The first kappa shape index (κ1) is 16.1. The molecule has 3 rings (SSSR count). The monoisotopic (exact) mass is 345 g/mol. The Morgan fingerprint density at radius 1 is 1.29 bits per heavy atom. The van der Waals surface area contributed by atoms with Crippen LogP contribution in [0.3, 0.4) is 0 Å². The smallest absolute Gasteiger partial charge is 0.337 e. The van der Waals surface area contributed by atoms with Gasteiger partial charge in [-0.25, -0.2) is 4.79 Å². The Balaban J connectivity index is 2.01. The molecular weight excluding hydrogens is 330 g/mol. The van der Waals surface area contributed by atoms with Crippen molar-refractivity contribution in [3.05, 3.63) is 51.0 Å². The van der Waals surface area contributed by atoms with Crippen molar-refractivity contribution in [3.63, 3.8) is 0 Å². The Morgan fingerprint density at radius 2 is 2.00 bits per heavy atom. The first-order chi connectivity index (χ1) is 11.5. The molecule has 0 radical (unpaired) electrons. The Labute approximate surface area is 142 Å². The van der Waals surface area contributed by atoms with Gasteiger partial charge in [0.15, 0.2) is 4.77 Å². The molecule has 0 atom stereocenters. The van der Waals surface area contributed by atoms with Crippen LogP contribution in [0.4, 0.5) is 0 Å². The van der Waals surface area contributed by atoms with Gasteiger partial charge in [0.25, 0.3) is 5.56 Å². The van der Waals surface area contributed by atoms with Crippen LogP contribution < -0.4 is 5.56 Å². The largest absolute Gasteiger partial charge is 0.465 e. The average Bonchev–Trinajstić information content (AvgIpc) is 3.11. The molecule has 0 bridgehead atoms. The molecule has 1 aromatic carbocycles. The number of fused-ring (bicyclic) bond motifs is 1. The van der Waals surface area contributed by atoms with Crippen molar-refractivity contribution in [1.82, 2.24) is 14.5 Å². The van der Waals surface area contributed by atoms with E-state index in [1.165, 1.54) is 29.9 Å². The van der Waals surface area contributed by atoms with Crippen molar-refractivity contribution in [1.29, 1.82) is 0 Å². The lowest BCUT2D eigenvalue weighted by Crippen LogP contribution is -2.35. The maximum absolute atomic E-state index is 12.6. The number of nitrogens with one attached hydrogen (secondary N) is 1. The van der Waals surface area contributed by atoms with Gasteiger partial charge in [-0.15, -0.1) is 0 Å². The van der Waals surface area contributed by atoms with Crippen molar-refractivity contribution < 1.29 is 14.3 Å². The summed E-state index contributed by atoms with van der Waals surface area (Å²) in [5.41, 5.74) is 0.372. The van der Waals surface area contributed by atoms with Gasteiger partial charge in [-0.2, -0.15) is 0 Å². The number of aromatic nitrogens is 2. The number of hydrogen-bond donors (Lipinski definition) is 1. The number of H-pyrrole nitrogens is 1. The van der Waals surface area contributed by atoms with Crippen molar-refractivity contribution in [2.75, 3.05) is 20.2 Å². The zero-order chi connectivity index (χ0) is 17.3. The van der Waals surface area contributed by atoms with Crippen LogP contribution >= 0.6 is 12.2 Å². The first-order valence-corrected chi connectivity index (χ1v) is 7.70. The predicted octanol–water partition coefficient (Wildman–Crippen LogP) is 1.24. The van der Waals surface area contributed by atoms with Gasteiger partial charge in [0.05, 0.1) is 23.6 Å². The molecule has 124 valence electrons. The molecule has 1 aromatic heterocycles. The van der Waals surface area contributed by atoms with E-state index in [0.717, 1.165) is 0 Å². The van der Waals surface area contributed by atoms with Crippen molar-refractivity contribution >= 4 is 35.0 Å². The molecule has 0 fully saturated rings. The summed E-state index contributed by atoms with van der Waals surface area (Å²) < 4.78 is 6.03. The fourth-order valence-corrected chi connectivity index (χ4v) is 2.82. The van der Waals surface area contributed by atoms with Gasteiger partial charge in [0.1, 0.15) is 6.54 Å². The lowest BCUT2D eigenvalue weighted by Gasteiger charge is -2.16. The number of carbonyl (C=O) groups is 2. The number of esters is 1. The summed E-state index contributed by atoms with van der Waals surface area (Å²) in [5.74, 6) is -0.677. The van der Waals surface area contributed by atoms with Gasteiger partial charge < -0.3 is 14.6 Å². The molecule has 7 nitrogen and oxygen atoms in total. The zero-order valence-electron chi connectivity index (χ0n) is 12.9. The number of ether oxygens (including phenoxy) is 1. The van der Waals surface area contributed by atoms with Crippen LogP contribution in [-0.4, -0.2) is 46.5 Å². The summed E-state index contributed by atoms with van der Waals surface area (Å²) in [5, 5.41) is 0.351. The second-order valence-corrected chi connectivity index (χ2v) is 5.73. The Kier molecular flexibility index (Phi) is 4.30. The zero-order valence-corrected chi connectivity index (χ0v) is 13.8. The van der Waals surface area contributed by atoms with Crippen LogP contribution in [0.15, 0.2) is 35.1 Å². The van der Waals surface area contributed by atoms with Crippen LogP contribution in [-0.2, 0) is 16.1 Å². The maximum atomic E-state index is 12.6. The van der Waals surface area contributed by atoms with E-state index in [9.17, 15) is 14.4 Å². The lowest BCUT2D eigenvalue weighted by molar-refractivity contribution is -0.130. The number of aromatic amines is 1. The van der Waals surface area contributed by atoms with Gasteiger partial charge in [0.2, 0.25) is 5.91 Å². The number of benzene rings is 1. The molecule has 0 unspecified atom stereocenters. The Hall–Kier alpha value is -2.74. The minimum Gasteiger partial charge on any atom is -0.465 e. The standard InChI is InChI=1S/C16H15N3O4S/c1-23-15(22)10-4-5-11-12(8-10)17-16(24)19(14(11)21)9-13(20)18-6-2-3-7-18/h2-5,8H,6-7,9H2,1H3,(H,17,24). The molecule has 1 aliphatic rings. The topological polar surface area (TPSA) is 84.4 Å². The highest BCUT2D eigenvalue weighted by Crippen LogP contribution is 2.12. The third kappa shape index (κ3) is 2.88. The number of carbonyl (C=O) groups excluding carboxylic acids is 2. The number of rotatable bonds is 3. The Morgan fingerprint density at radius 3 is 2.67 bits per heavy atom. The first-order valence-electron chi connectivity index (χ1n) is 7.29. The van der Waals surface area contributed by atoms with E-state index < -0.39 is 5.97 Å². The van der Waals surface area contributed by atoms with E-state index in [0.29, 0.717) is 29.6 Å². The number of amides is 1. The molecule has 1 N–H and O–H groups in total. The van der Waals surface area contributed by atoms with Crippen LogP contribution in [0.1, 0.15) is 10.4 Å². The minimum absolute atomic E-state index is 0.120. The fourth-order valence-electron chi connectivity index (χ4n) is 2.56. The summed E-state index contributed by atoms with van der Waals surface area (Å²) in [7, 11) is 1.28. The van der Waals surface area contributed by atoms with E-state index >= 15 is 0 Å². The molecule has 8 heteroatoms. The molecular formula is C16H15N3O4S. The molecule has 1 aliphatic heterocycles. The quantitative estimate of drug-likeness (QED) is 0.514. The van der Waals surface area contributed by atoms with Gasteiger partial charge in [-0.3, -0.25) is 14.2 Å². The summed E-state index contributed by atoms with van der Waals surface area (Å²) >= 11 is 5.20. The molecule has 0 spiro atoms. The second-order valence-electron chi connectivity index (χ2n) is 5.34. The SMILES string of the molecule is COC(=O)c1ccc2c(=O)n(CC(=O)N3CC=CC3)c(=S)[nH]c2c1. The van der Waals surface area contributed by atoms with Gasteiger partial charge in [-0.05, 0) is 30.4 Å². The highest BCUT2D eigenvalue weighted by molar-refractivity contribution is 7.71. The number of nitrogens with zero attached hydrogens (tertiary/aromatic N) is 2. The van der Waals surface area contributed by atoms with E-state index in [2.05, 4.69) is 9.72 Å². The minimum atomic E-state index is -0.503. The average molecular weight is 345 g/mol. The van der Waals surface area contributed by atoms with Crippen molar-refractivity contribution in [3.8, 4) is 0 Å². The third-order valence-electron chi connectivity index (χ3n) is 3.87. The highest BCUT2D eigenvalue weighted by atomic mass is 32.1. The van der Waals surface area contributed by atoms with Crippen LogP contribution in [0.2, 0.25) is 0 Å². The van der Waals surface area contributed by atoms with Crippen LogP contribution in [0.25, 0.3) is 10.9 Å². The van der Waals surface area contributed by atoms with E-state index in [-0.39, 0.29) is 22.8 Å².